The third-order valence-corrected chi connectivity index (χ3v) is 3.76. The first-order chi connectivity index (χ1) is 9.90. The molecular weight excluding hydrogens is 250 g/mol. The molecule has 0 aliphatic carbocycles. The molecule has 4 heteroatoms. The van der Waals surface area contributed by atoms with Crippen LogP contribution in [0.2, 0.25) is 0 Å². The highest BCUT2D eigenvalue weighted by molar-refractivity contribution is 5.81. The molecule has 2 aromatic carbocycles. The topological polar surface area (TPSA) is 49.9 Å². The number of ether oxygens (including phenoxy) is 1. The van der Waals surface area contributed by atoms with Crippen LogP contribution in [0.25, 0.3) is 10.9 Å². The first kappa shape index (κ1) is 11.5. The molecule has 1 unspecified atom stereocenters. The molecule has 0 fully saturated rings. The average Bonchev–Trinajstić information content (AvgIpc) is 2.95. The summed E-state index contributed by atoms with van der Waals surface area (Å²) in [6, 6.07) is 14.9. The van der Waals surface area contributed by atoms with E-state index in [0.29, 0.717) is 13.2 Å². The number of aromatic amines is 1. The zero-order chi connectivity index (χ0) is 13.4. The van der Waals surface area contributed by atoms with E-state index in [1.807, 2.05) is 6.20 Å². The molecule has 20 heavy (non-hydrogen) atoms. The molecule has 0 spiro atoms. The molecule has 0 saturated heterocycles. The Morgan fingerprint density at radius 3 is 3.15 bits per heavy atom. The largest absolute Gasteiger partial charge is 0.376 e. The molecule has 1 aliphatic heterocycles. The Morgan fingerprint density at radius 1 is 1.20 bits per heavy atom. The summed E-state index contributed by atoms with van der Waals surface area (Å²) in [4.78, 5) is 0. The fourth-order valence-corrected chi connectivity index (χ4v) is 2.73. The van der Waals surface area contributed by atoms with Gasteiger partial charge in [-0.25, -0.2) is 0 Å². The molecule has 0 bridgehead atoms. The number of nitrogens with one attached hydrogen (secondary N) is 2. The molecule has 0 amide bonds. The molecule has 1 aromatic heterocycles. The molecule has 0 radical (unpaired) electrons. The number of hydrogen-bond donors (Lipinski definition) is 2. The van der Waals surface area contributed by atoms with Gasteiger partial charge < -0.3 is 10.1 Å². The van der Waals surface area contributed by atoms with Crippen molar-refractivity contribution in [1.29, 1.82) is 0 Å². The zero-order valence-electron chi connectivity index (χ0n) is 11.0. The van der Waals surface area contributed by atoms with Gasteiger partial charge in [-0.3, -0.25) is 5.10 Å². The lowest BCUT2D eigenvalue weighted by Crippen LogP contribution is -2.23. The van der Waals surface area contributed by atoms with Crippen molar-refractivity contribution in [2.24, 2.45) is 0 Å². The Balaban J connectivity index is 1.66. The van der Waals surface area contributed by atoms with Crippen molar-refractivity contribution in [2.75, 3.05) is 11.9 Å². The van der Waals surface area contributed by atoms with Gasteiger partial charge in [0.2, 0.25) is 0 Å². The summed E-state index contributed by atoms with van der Waals surface area (Å²) in [7, 11) is 0. The summed E-state index contributed by atoms with van der Waals surface area (Å²) in [5, 5.41) is 11.7. The highest BCUT2D eigenvalue weighted by Gasteiger charge is 2.20. The Bertz CT molecular complexity index is 750. The SMILES string of the molecule is c1ccc2c(c1)COCC2Nc1ccc2cn[nH]c2c1. The van der Waals surface area contributed by atoms with Crippen LogP contribution < -0.4 is 5.32 Å². The maximum Gasteiger partial charge on any atom is 0.0751 e. The van der Waals surface area contributed by atoms with E-state index in [0.717, 1.165) is 16.6 Å². The first-order valence-corrected chi connectivity index (χ1v) is 6.75. The number of aromatic nitrogens is 2. The van der Waals surface area contributed by atoms with E-state index in [9.17, 15) is 0 Å². The molecular formula is C16H15N3O. The summed E-state index contributed by atoms with van der Waals surface area (Å²) in [6.07, 6.45) is 1.83. The fraction of sp³-hybridized carbons (Fsp3) is 0.188. The minimum atomic E-state index is 0.195. The number of hydrogen-bond acceptors (Lipinski definition) is 3. The molecule has 100 valence electrons. The summed E-state index contributed by atoms with van der Waals surface area (Å²) in [5.74, 6) is 0. The predicted molar refractivity (Wildman–Crippen MR) is 78.6 cm³/mol. The van der Waals surface area contributed by atoms with Crippen LogP contribution >= 0.6 is 0 Å². The highest BCUT2D eigenvalue weighted by atomic mass is 16.5. The lowest BCUT2D eigenvalue weighted by Gasteiger charge is -2.27. The van der Waals surface area contributed by atoms with E-state index >= 15 is 0 Å². The summed E-state index contributed by atoms with van der Waals surface area (Å²) in [6.45, 7) is 1.39. The van der Waals surface area contributed by atoms with Gasteiger partial charge in [0, 0.05) is 11.1 Å². The number of nitrogens with zero attached hydrogens (tertiary/aromatic N) is 1. The van der Waals surface area contributed by atoms with Gasteiger partial charge in [0.1, 0.15) is 0 Å². The minimum absolute atomic E-state index is 0.195. The van der Waals surface area contributed by atoms with E-state index in [2.05, 4.69) is 58.0 Å². The van der Waals surface area contributed by atoms with Crippen LogP contribution in [0.5, 0.6) is 0 Å². The predicted octanol–water partition coefficient (Wildman–Crippen LogP) is 3.25. The summed E-state index contributed by atoms with van der Waals surface area (Å²) >= 11 is 0. The smallest absolute Gasteiger partial charge is 0.0751 e. The number of anilines is 1. The molecule has 1 atom stereocenters. The third kappa shape index (κ3) is 1.94. The van der Waals surface area contributed by atoms with Gasteiger partial charge in [0.25, 0.3) is 0 Å². The van der Waals surface area contributed by atoms with Gasteiger partial charge in [0.15, 0.2) is 0 Å². The van der Waals surface area contributed by atoms with Gasteiger partial charge in [-0.05, 0) is 29.3 Å². The standard InChI is InChI=1S/C16H15N3O/c1-2-4-14-12(3-1)9-20-10-16(14)18-13-6-5-11-8-17-19-15(11)7-13/h1-8,16,18H,9-10H2,(H,17,19). The van der Waals surface area contributed by atoms with E-state index in [1.54, 1.807) is 0 Å². The lowest BCUT2D eigenvalue weighted by atomic mass is 9.99. The lowest BCUT2D eigenvalue weighted by molar-refractivity contribution is 0.0970. The van der Waals surface area contributed by atoms with Crippen LogP contribution in [-0.4, -0.2) is 16.8 Å². The van der Waals surface area contributed by atoms with Crippen LogP contribution in [0, 0.1) is 0 Å². The Morgan fingerprint density at radius 2 is 2.15 bits per heavy atom. The quantitative estimate of drug-likeness (QED) is 0.747. The molecule has 4 nitrogen and oxygen atoms in total. The van der Waals surface area contributed by atoms with Crippen LogP contribution in [0.15, 0.2) is 48.7 Å². The van der Waals surface area contributed by atoms with Gasteiger partial charge in [-0.2, -0.15) is 5.10 Å². The van der Waals surface area contributed by atoms with Gasteiger partial charge in [0.05, 0.1) is 31.0 Å². The van der Waals surface area contributed by atoms with E-state index < -0.39 is 0 Å². The number of H-pyrrole nitrogens is 1. The summed E-state index contributed by atoms with van der Waals surface area (Å²) < 4.78 is 5.67. The van der Waals surface area contributed by atoms with Gasteiger partial charge in [-0.15, -0.1) is 0 Å². The van der Waals surface area contributed by atoms with Crippen LogP contribution in [0.1, 0.15) is 17.2 Å². The average molecular weight is 265 g/mol. The van der Waals surface area contributed by atoms with Crippen LogP contribution in [0.4, 0.5) is 5.69 Å². The molecule has 2 heterocycles. The van der Waals surface area contributed by atoms with E-state index in [4.69, 9.17) is 4.74 Å². The molecule has 1 aliphatic rings. The first-order valence-electron chi connectivity index (χ1n) is 6.75. The maximum atomic E-state index is 5.67. The zero-order valence-corrected chi connectivity index (χ0v) is 11.0. The molecule has 2 N–H and O–H groups in total. The second-order valence-electron chi connectivity index (χ2n) is 5.08. The van der Waals surface area contributed by atoms with Crippen LogP contribution in [0.3, 0.4) is 0 Å². The van der Waals surface area contributed by atoms with Crippen LogP contribution in [-0.2, 0) is 11.3 Å². The van der Waals surface area contributed by atoms with Crippen molar-refractivity contribution in [3.63, 3.8) is 0 Å². The number of fused-ring (bicyclic) bond motifs is 2. The van der Waals surface area contributed by atoms with Crippen molar-refractivity contribution in [3.8, 4) is 0 Å². The van der Waals surface area contributed by atoms with Crippen molar-refractivity contribution >= 4 is 16.6 Å². The Labute approximate surface area is 116 Å². The Hall–Kier alpha value is -2.33. The van der Waals surface area contributed by atoms with Gasteiger partial charge in [-0.1, -0.05) is 24.3 Å². The molecule has 4 rings (SSSR count). The number of benzene rings is 2. The van der Waals surface area contributed by atoms with Crippen molar-refractivity contribution in [3.05, 3.63) is 59.8 Å². The second-order valence-corrected chi connectivity index (χ2v) is 5.08. The fourth-order valence-electron chi connectivity index (χ4n) is 2.73. The third-order valence-electron chi connectivity index (χ3n) is 3.76. The minimum Gasteiger partial charge on any atom is -0.376 e. The van der Waals surface area contributed by atoms with E-state index in [1.165, 1.54) is 11.1 Å². The molecule has 3 aromatic rings. The monoisotopic (exact) mass is 265 g/mol. The van der Waals surface area contributed by atoms with Crippen molar-refractivity contribution in [2.45, 2.75) is 12.6 Å². The summed E-state index contributed by atoms with van der Waals surface area (Å²) in [5.41, 5.74) is 4.70. The van der Waals surface area contributed by atoms with Gasteiger partial charge >= 0.3 is 0 Å². The molecule has 0 saturated carbocycles. The van der Waals surface area contributed by atoms with E-state index in [-0.39, 0.29) is 6.04 Å². The van der Waals surface area contributed by atoms with Crippen molar-refractivity contribution in [1.82, 2.24) is 10.2 Å². The number of rotatable bonds is 2. The normalized spacial score (nSPS) is 17.9. The highest BCUT2D eigenvalue weighted by Crippen LogP contribution is 2.28. The van der Waals surface area contributed by atoms with Crippen molar-refractivity contribution < 1.29 is 4.74 Å². The second kappa shape index (κ2) is 4.65. The maximum absolute atomic E-state index is 5.67. The Kier molecular flexibility index (Phi) is 2.67.